The van der Waals surface area contributed by atoms with E-state index in [1.807, 2.05) is 30.3 Å². The molecule has 5 nitrogen and oxygen atoms in total. The maximum Gasteiger partial charge on any atom is 0.228 e. The van der Waals surface area contributed by atoms with Gasteiger partial charge in [-0.25, -0.2) is 8.42 Å². The predicted molar refractivity (Wildman–Crippen MR) is 80.2 cm³/mol. The Morgan fingerprint density at radius 3 is 2.30 bits per heavy atom. The standard InChI is InChI=1S/C14H22N2O3S/c1-14(2,20(3,18)19)10-16-13(17)12(9-15)11-7-5-4-6-8-11/h4-8,12H,9-10,15H2,1-3H3,(H,16,17). The Bertz CT molecular complexity index is 553. The lowest BCUT2D eigenvalue weighted by atomic mass is 9.98. The number of amides is 1. The van der Waals surface area contributed by atoms with Crippen LogP contribution in [0.4, 0.5) is 0 Å². The maximum absolute atomic E-state index is 12.2. The first-order valence-electron chi connectivity index (χ1n) is 6.41. The number of carbonyl (C=O) groups excluding carboxylic acids is 1. The summed E-state index contributed by atoms with van der Waals surface area (Å²) in [5.74, 6) is -0.720. The lowest BCUT2D eigenvalue weighted by Gasteiger charge is -2.24. The largest absolute Gasteiger partial charge is 0.354 e. The molecule has 112 valence electrons. The zero-order valence-electron chi connectivity index (χ0n) is 12.1. The van der Waals surface area contributed by atoms with E-state index in [0.717, 1.165) is 11.8 Å². The molecule has 0 bridgehead atoms. The fraction of sp³-hybridized carbons (Fsp3) is 0.500. The van der Waals surface area contributed by atoms with Crippen LogP contribution in [-0.4, -0.2) is 38.4 Å². The number of nitrogens with two attached hydrogens (primary N) is 1. The Morgan fingerprint density at radius 1 is 1.30 bits per heavy atom. The van der Waals surface area contributed by atoms with Crippen LogP contribution in [0.2, 0.25) is 0 Å². The van der Waals surface area contributed by atoms with Crippen LogP contribution in [0.3, 0.4) is 0 Å². The number of hydrogen-bond donors (Lipinski definition) is 2. The van der Waals surface area contributed by atoms with Gasteiger partial charge in [-0.15, -0.1) is 0 Å². The molecular weight excluding hydrogens is 276 g/mol. The SMILES string of the molecule is CC(C)(CNC(=O)C(CN)c1ccccc1)S(C)(=O)=O. The highest BCUT2D eigenvalue weighted by Crippen LogP contribution is 2.17. The second kappa shape index (κ2) is 6.37. The van der Waals surface area contributed by atoms with Gasteiger partial charge in [0.1, 0.15) is 0 Å². The van der Waals surface area contributed by atoms with Crippen LogP contribution in [0, 0.1) is 0 Å². The van der Waals surface area contributed by atoms with E-state index in [2.05, 4.69) is 5.32 Å². The third-order valence-corrected chi connectivity index (χ3v) is 5.60. The fourth-order valence-electron chi connectivity index (χ4n) is 1.63. The molecular formula is C14H22N2O3S. The van der Waals surface area contributed by atoms with Crippen molar-refractivity contribution in [1.29, 1.82) is 0 Å². The molecule has 0 aliphatic rings. The molecule has 0 fully saturated rings. The summed E-state index contributed by atoms with van der Waals surface area (Å²) in [5, 5.41) is 2.68. The van der Waals surface area contributed by atoms with Gasteiger partial charge in [0, 0.05) is 19.3 Å². The van der Waals surface area contributed by atoms with Crippen LogP contribution < -0.4 is 11.1 Å². The molecule has 0 heterocycles. The number of hydrogen-bond acceptors (Lipinski definition) is 4. The van der Waals surface area contributed by atoms with Crippen molar-refractivity contribution in [1.82, 2.24) is 5.32 Å². The van der Waals surface area contributed by atoms with Gasteiger partial charge in [0.25, 0.3) is 0 Å². The quantitative estimate of drug-likeness (QED) is 0.807. The summed E-state index contributed by atoms with van der Waals surface area (Å²) in [4.78, 5) is 12.2. The molecule has 0 aromatic heterocycles. The van der Waals surface area contributed by atoms with Gasteiger partial charge >= 0.3 is 0 Å². The first-order chi connectivity index (χ1) is 9.19. The normalized spacial score (nSPS) is 13.8. The number of rotatable bonds is 6. The molecule has 1 amide bonds. The summed E-state index contributed by atoms with van der Waals surface area (Å²) < 4.78 is 22.2. The molecule has 20 heavy (non-hydrogen) atoms. The summed E-state index contributed by atoms with van der Waals surface area (Å²) >= 11 is 0. The molecule has 0 radical (unpaired) electrons. The molecule has 0 aliphatic carbocycles. The van der Waals surface area contributed by atoms with Gasteiger partial charge in [0.15, 0.2) is 9.84 Å². The van der Waals surface area contributed by atoms with Crippen LogP contribution in [0.25, 0.3) is 0 Å². The Kier molecular flexibility index (Phi) is 5.30. The van der Waals surface area contributed by atoms with Gasteiger partial charge in [0.2, 0.25) is 5.91 Å². The van der Waals surface area contributed by atoms with Crippen LogP contribution in [0.5, 0.6) is 0 Å². The van der Waals surface area contributed by atoms with E-state index in [1.165, 1.54) is 0 Å². The second-order valence-corrected chi connectivity index (χ2v) is 8.10. The zero-order valence-corrected chi connectivity index (χ0v) is 12.9. The van der Waals surface area contributed by atoms with Gasteiger partial charge in [-0.1, -0.05) is 30.3 Å². The highest BCUT2D eigenvalue weighted by molar-refractivity contribution is 7.92. The van der Waals surface area contributed by atoms with Crippen LogP contribution in [0.15, 0.2) is 30.3 Å². The molecule has 0 spiro atoms. The molecule has 1 atom stereocenters. The lowest BCUT2D eigenvalue weighted by Crippen LogP contribution is -2.45. The molecule has 0 saturated carbocycles. The molecule has 6 heteroatoms. The molecule has 1 rings (SSSR count). The Labute approximate surface area is 120 Å². The second-order valence-electron chi connectivity index (χ2n) is 5.45. The summed E-state index contributed by atoms with van der Waals surface area (Å²) in [6.07, 6.45) is 1.16. The fourth-order valence-corrected chi connectivity index (χ4v) is 1.97. The minimum atomic E-state index is -3.24. The van der Waals surface area contributed by atoms with Crippen molar-refractivity contribution in [2.75, 3.05) is 19.3 Å². The number of carbonyl (C=O) groups is 1. The van der Waals surface area contributed by atoms with Crippen molar-refractivity contribution in [3.05, 3.63) is 35.9 Å². The van der Waals surface area contributed by atoms with Crippen LogP contribution in [0.1, 0.15) is 25.3 Å². The van der Waals surface area contributed by atoms with Gasteiger partial charge in [0.05, 0.1) is 10.7 Å². The Morgan fingerprint density at radius 2 is 1.85 bits per heavy atom. The van der Waals surface area contributed by atoms with Crippen molar-refractivity contribution in [2.24, 2.45) is 5.73 Å². The van der Waals surface area contributed by atoms with Gasteiger partial charge in [-0.2, -0.15) is 0 Å². The first-order valence-corrected chi connectivity index (χ1v) is 8.30. The van der Waals surface area contributed by atoms with E-state index < -0.39 is 20.5 Å². The number of nitrogens with one attached hydrogen (secondary N) is 1. The Balaban J connectivity index is 2.76. The first kappa shape index (κ1) is 16.7. The highest BCUT2D eigenvalue weighted by Gasteiger charge is 2.31. The van der Waals surface area contributed by atoms with E-state index in [9.17, 15) is 13.2 Å². The van der Waals surface area contributed by atoms with Crippen LogP contribution in [-0.2, 0) is 14.6 Å². The zero-order chi connectivity index (χ0) is 15.4. The van der Waals surface area contributed by atoms with E-state index in [-0.39, 0.29) is 19.0 Å². The van der Waals surface area contributed by atoms with Crippen molar-refractivity contribution < 1.29 is 13.2 Å². The van der Waals surface area contributed by atoms with E-state index >= 15 is 0 Å². The van der Waals surface area contributed by atoms with Crippen molar-refractivity contribution in [2.45, 2.75) is 24.5 Å². The molecule has 0 saturated heterocycles. The average Bonchev–Trinajstić information content (AvgIpc) is 2.37. The summed E-state index contributed by atoms with van der Waals surface area (Å²) in [5.41, 5.74) is 6.48. The summed E-state index contributed by atoms with van der Waals surface area (Å²) in [6.45, 7) is 3.41. The number of benzene rings is 1. The minimum absolute atomic E-state index is 0.0635. The van der Waals surface area contributed by atoms with E-state index in [1.54, 1.807) is 13.8 Å². The van der Waals surface area contributed by atoms with Crippen molar-refractivity contribution >= 4 is 15.7 Å². The smallest absolute Gasteiger partial charge is 0.228 e. The monoisotopic (exact) mass is 298 g/mol. The average molecular weight is 298 g/mol. The lowest BCUT2D eigenvalue weighted by molar-refractivity contribution is -0.122. The molecule has 3 N–H and O–H groups in total. The molecule has 0 aliphatic heterocycles. The van der Waals surface area contributed by atoms with Crippen molar-refractivity contribution in [3.8, 4) is 0 Å². The molecule has 1 aromatic rings. The molecule has 1 unspecified atom stereocenters. The third kappa shape index (κ3) is 4.05. The van der Waals surface area contributed by atoms with Gasteiger partial charge in [-0.05, 0) is 19.4 Å². The highest BCUT2D eigenvalue weighted by atomic mass is 32.2. The topological polar surface area (TPSA) is 89.3 Å². The van der Waals surface area contributed by atoms with Crippen molar-refractivity contribution in [3.63, 3.8) is 0 Å². The van der Waals surface area contributed by atoms with Gasteiger partial charge < -0.3 is 11.1 Å². The summed E-state index contributed by atoms with van der Waals surface area (Å²) in [7, 11) is -3.24. The summed E-state index contributed by atoms with van der Waals surface area (Å²) in [6, 6.07) is 9.21. The predicted octanol–water partition coefficient (Wildman–Crippen LogP) is 0.668. The van der Waals surface area contributed by atoms with Gasteiger partial charge in [-0.3, -0.25) is 4.79 Å². The maximum atomic E-state index is 12.2. The minimum Gasteiger partial charge on any atom is -0.354 e. The van der Waals surface area contributed by atoms with E-state index in [4.69, 9.17) is 5.73 Å². The van der Waals surface area contributed by atoms with E-state index in [0.29, 0.717) is 0 Å². The Hall–Kier alpha value is -1.40. The number of sulfone groups is 1. The van der Waals surface area contributed by atoms with Crippen LogP contribution >= 0.6 is 0 Å². The molecule has 1 aromatic carbocycles. The third-order valence-electron chi connectivity index (χ3n) is 3.45.